The van der Waals surface area contributed by atoms with Crippen molar-refractivity contribution in [1.29, 1.82) is 0 Å². The van der Waals surface area contributed by atoms with Crippen molar-refractivity contribution >= 4 is 27.5 Å². The van der Waals surface area contributed by atoms with Gasteiger partial charge in [-0.3, -0.25) is 0 Å². The molecule has 2 unspecified atom stereocenters. The van der Waals surface area contributed by atoms with Gasteiger partial charge >= 0.3 is 0 Å². The van der Waals surface area contributed by atoms with Crippen molar-refractivity contribution in [2.24, 2.45) is 5.73 Å². The van der Waals surface area contributed by atoms with Gasteiger partial charge in [-0.1, -0.05) is 29.8 Å². The number of hydrogen-bond acceptors (Lipinski definition) is 2. The van der Waals surface area contributed by atoms with E-state index in [4.69, 9.17) is 22.1 Å². The van der Waals surface area contributed by atoms with Gasteiger partial charge in [-0.05, 0) is 65.2 Å². The van der Waals surface area contributed by atoms with Gasteiger partial charge in [0, 0.05) is 11.1 Å². The highest BCUT2D eigenvalue weighted by Crippen LogP contribution is 2.32. The second-order valence-corrected chi connectivity index (χ2v) is 6.18. The minimum atomic E-state index is -0.243. The molecule has 2 nitrogen and oxygen atoms in total. The topological polar surface area (TPSA) is 35.2 Å². The third-order valence-corrected chi connectivity index (χ3v) is 3.85. The van der Waals surface area contributed by atoms with Gasteiger partial charge < -0.3 is 10.5 Å². The Morgan fingerprint density at radius 1 is 1.20 bits per heavy atom. The van der Waals surface area contributed by atoms with Crippen LogP contribution in [0.1, 0.15) is 24.2 Å². The van der Waals surface area contributed by atoms with Crippen LogP contribution in [0, 0.1) is 6.92 Å². The highest BCUT2D eigenvalue weighted by atomic mass is 79.9. The molecule has 2 aromatic rings. The molecule has 20 heavy (non-hydrogen) atoms. The van der Waals surface area contributed by atoms with Gasteiger partial charge in [0.2, 0.25) is 0 Å². The van der Waals surface area contributed by atoms with E-state index in [0.717, 1.165) is 15.8 Å². The summed E-state index contributed by atoms with van der Waals surface area (Å²) in [7, 11) is 0. The van der Waals surface area contributed by atoms with Crippen LogP contribution >= 0.6 is 27.5 Å². The molecule has 0 saturated carbocycles. The van der Waals surface area contributed by atoms with E-state index in [-0.39, 0.29) is 12.1 Å². The van der Waals surface area contributed by atoms with Crippen molar-refractivity contribution < 1.29 is 4.74 Å². The van der Waals surface area contributed by atoms with Crippen LogP contribution in [0.15, 0.2) is 46.9 Å². The van der Waals surface area contributed by atoms with Gasteiger partial charge in [-0.25, -0.2) is 0 Å². The first kappa shape index (κ1) is 15.4. The van der Waals surface area contributed by atoms with Crippen molar-refractivity contribution in [2.45, 2.75) is 26.0 Å². The van der Waals surface area contributed by atoms with Gasteiger partial charge in [0.25, 0.3) is 0 Å². The Bertz CT molecular complexity index is 601. The normalized spacial score (nSPS) is 13.8. The first-order valence-electron chi connectivity index (χ1n) is 6.41. The van der Waals surface area contributed by atoms with Crippen molar-refractivity contribution in [3.05, 3.63) is 63.1 Å². The lowest BCUT2D eigenvalue weighted by Crippen LogP contribution is -2.29. The molecule has 0 aromatic heterocycles. The Balaban J connectivity index is 2.30. The summed E-state index contributed by atoms with van der Waals surface area (Å²) < 4.78 is 6.99. The highest BCUT2D eigenvalue weighted by molar-refractivity contribution is 9.10. The standard InChI is InChI=1S/C16H17BrClNO/c1-10-6-7-15(14(17)8-10)20-16(11(2)19)12-4-3-5-13(18)9-12/h3-9,11,16H,19H2,1-2H3. The van der Waals surface area contributed by atoms with E-state index in [9.17, 15) is 0 Å². The number of rotatable bonds is 4. The van der Waals surface area contributed by atoms with Crippen LogP contribution in [0.3, 0.4) is 0 Å². The molecule has 2 aromatic carbocycles. The van der Waals surface area contributed by atoms with Gasteiger partial charge in [-0.15, -0.1) is 0 Å². The number of benzene rings is 2. The van der Waals surface area contributed by atoms with Crippen LogP contribution in [0.25, 0.3) is 0 Å². The van der Waals surface area contributed by atoms with Crippen molar-refractivity contribution in [3.8, 4) is 5.75 Å². The lowest BCUT2D eigenvalue weighted by Gasteiger charge is -2.24. The van der Waals surface area contributed by atoms with Gasteiger partial charge in [0.1, 0.15) is 11.9 Å². The number of aryl methyl sites for hydroxylation is 1. The van der Waals surface area contributed by atoms with Gasteiger partial charge in [0.15, 0.2) is 0 Å². The summed E-state index contributed by atoms with van der Waals surface area (Å²) in [6.45, 7) is 3.96. The molecule has 0 amide bonds. The average molecular weight is 355 g/mol. The fourth-order valence-electron chi connectivity index (χ4n) is 2.00. The van der Waals surface area contributed by atoms with E-state index >= 15 is 0 Å². The molecular formula is C16H17BrClNO. The number of nitrogens with two attached hydrogens (primary N) is 1. The predicted octanol–water partition coefficient (Wildman–Crippen LogP) is 4.88. The summed E-state index contributed by atoms with van der Waals surface area (Å²) in [5.74, 6) is 0.776. The first-order chi connectivity index (χ1) is 9.47. The third-order valence-electron chi connectivity index (χ3n) is 3.00. The van der Waals surface area contributed by atoms with Crippen LogP contribution in [0.4, 0.5) is 0 Å². The number of halogens is 2. The molecule has 106 valence electrons. The maximum Gasteiger partial charge on any atom is 0.139 e. The molecule has 2 atom stereocenters. The molecule has 0 spiro atoms. The van der Waals surface area contributed by atoms with E-state index in [1.165, 1.54) is 5.56 Å². The van der Waals surface area contributed by atoms with Crippen LogP contribution < -0.4 is 10.5 Å². The van der Waals surface area contributed by atoms with E-state index in [0.29, 0.717) is 5.02 Å². The Hall–Kier alpha value is -1.03. The Morgan fingerprint density at radius 2 is 1.95 bits per heavy atom. The van der Waals surface area contributed by atoms with E-state index < -0.39 is 0 Å². The molecule has 0 fully saturated rings. The van der Waals surface area contributed by atoms with E-state index in [1.54, 1.807) is 0 Å². The summed E-state index contributed by atoms with van der Waals surface area (Å²) in [6.07, 6.45) is -0.243. The second kappa shape index (κ2) is 6.61. The maximum atomic E-state index is 6.07. The lowest BCUT2D eigenvalue weighted by molar-refractivity contribution is 0.179. The van der Waals surface area contributed by atoms with Crippen molar-refractivity contribution in [1.82, 2.24) is 0 Å². The first-order valence-corrected chi connectivity index (χ1v) is 7.58. The van der Waals surface area contributed by atoms with Crippen LogP contribution in [0.2, 0.25) is 5.02 Å². The molecule has 2 N–H and O–H groups in total. The molecule has 0 bridgehead atoms. The maximum absolute atomic E-state index is 6.07. The molecule has 0 saturated heterocycles. The minimum Gasteiger partial charge on any atom is -0.483 e. The summed E-state index contributed by atoms with van der Waals surface area (Å²) >= 11 is 9.56. The molecule has 0 aliphatic rings. The summed E-state index contributed by atoms with van der Waals surface area (Å²) in [4.78, 5) is 0. The SMILES string of the molecule is Cc1ccc(OC(c2cccc(Cl)c2)C(C)N)c(Br)c1. The fourth-order valence-corrected chi connectivity index (χ4v) is 2.79. The zero-order valence-corrected chi connectivity index (χ0v) is 13.8. The monoisotopic (exact) mass is 353 g/mol. The quantitative estimate of drug-likeness (QED) is 0.849. The van der Waals surface area contributed by atoms with E-state index in [2.05, 4.69) is 15.9 Å². The zero-order chi connectivity index (χ0) is 14.7. The Labute approximate surface area is 133 Å². The molecular weight excluding hydrogens is 338 g/mol. The van der Waals surface area contributed by atoms with Gasteiger partial charge in [-0.2, -0.15) is 0 Å². The lowest BCUT2D eigenvalue weighted by atomic mass is 10.0. The number of hydrogen-bond donors (Lipinski definition) is 1. The third kappa shape index (κ3) is 3.75. The molecule has 0 heterocycles. The summed E-state index contributed by atoms with van der Waals surface area (Å²) in [5.41, 5.74) is 8.21. The second-order valence-electron chi connectivity index (χ2n) is 4.89. The summed E-state index contributed by atoms with van der Waals surface area (Å²) in [5, 5.41) is 0.680. The Kier molecular flexibility index (Phi) is 5.08. The van der Waals surface area contributed by atoms with Crippen molar-refractivity contribution in [2.75, 3.05) is 0 Å². The molecule has 0 aliphatic heterocycles. The molecule has 0 radical (unpaired) electrons. The average Bonchev–Trinajstić information content (AvgIpc) is 2.37. The van der Waals surface area contributed by atoms with Gasteiger partial charge in [0.05, 0.1) is 4.47 Å². The smallest absolute Gasteiger partial charge is 0.139 e. The highest BCUT2D eigenvalue weighted by Gasteiger charge is 2.19. The molecule has 4 heteroatoms. The molecule has 0 aliphatic carbocycles. The molecule has 2 rings (SSSR count). The Morgan fingerprint density at radius 3 is 2.55 bits per heavy atom. The van der Waals surface area contributed by atoms with E-state index in [1.807, 2.05) is 56.3 Å². The zero-order valence-electron chi connectivity index (χ0n) is 11.4. The fraction of sp³-hybridized carbons (Fsp3) is 0.250. The predicted molar refractivity (Wildman–Crippen MR) is 87.3 cm³/mol. The summed E-state index contributed by atoms with van der Waals surface area (Å²) in [6, 6.07) is 13.4. The number of ether oxygens (including phenoxy) is 1. The largest absolute Gasteiger partial charge is 0.483 e. The van der Waals surface area contributed by atoms with Crippen LogP contribution in [-0.2, 0) is 0 Å². The minimum absolute atomic E-state index is 0.151. The van der Waals surface area contributed by atoms with Crippen LogP contribution in [-0.4, -0.2) is 6.04 Å². The van der Waals surface area contributed by atoms with Crippen molar-refractivity contribution in [3.63, 3.8) is 0 Å². The van der Waals surface area contributed by atoms with Crippen LogP contribution in [0.5, 0.6) is 5.75 Å².